The van der Waals surface area contributed by atoms with Gasteiger partial charge in [-0.05, 0) is 30.9 Å². The zero-order valence-electron chi connectivity index (χ0n) is 13.2. The van der Waals surface area contributed by atoms with E-state index in [9.17, 15) is 4.79 Å². The molecule has 4 nitrogen and oxygen atoms in total. The van der Waals surface area contributed by atoms with Gasteiger partial charge in [0.2, 0.25) is 0 Å². The van der Waals surface area contributed by atoms with E-state index < -0.39 is 5.60 Å². The average molecular weight is 300 g/mol. The first-order valence-electron chi connectivity index (χ1n) is 8.14. The van der Waals surface area contributed by atoms with Gasteiger partial charge < -0.3 is 15.0 Å². The van der Waals surface area contributed by atoms with Crippen molar-refractivity contribution in [2.45, 2.75) is 44.1 Å². The number of aromatic nitrogens is 1. The molecule has 0 spiro atoms. The number of H-pyrrole nitrogens is 1. The van der Waals surface area contributed by atoms with Crippen LogP contribution in [0.5, 0.6) is 0 Å². The van der Waals surface area contributed by atoms with Crippen LogP contribution in [0, 0.1) is 0 Å². The molecule has 1 aromatic carbocycles. The number of carbonyl (C=O) groups excluding carboxylic acids is 1. The second-order valence-electron chi connectivity index (χ2n) is 6.12. The summed E-state index contributed by atoms with van der Waals surface area (Å²) in [5, 5.41) is 4.30. The highest BCUT2D eigenvalue weighted by Crippen LogP contribution is 2.31. The lowest BCUT2D eigenvalue weighted by molar-refractivity contribution is -0.147. The van der Waals surface area contributed by atoms with E-state index in [0.29, 0.717) is 6.54 Å². The minimum Gasteiger partial charge on any atom is -0.368 e. The van der Waals surface area contributed by atoms with E-state index >= 15 is 0 Å². The van der Waals surface area contributed by atoms with Gasteiger partial charge in [-0.25, -0.2) is 0 Å². The maximum Gasteiger partial charge on any atom is 0.252 e. The van der Waals surface area contributed by atoms with E-state index in [0.717, 1.165) is 37.6 Å². The second kappa shape index (κ2) is 6.53. The molecule has 4 heteroatoms. The molecule has 0 unspecified atom stereocenters. The van der Waals surface area contributed by atoms with Crippen LogP contribution in [0.15, 0.2) is 30.5 Å². The van der Waals surface area contributed by atoms with E-state index in [2.05, 4.69) is 22.4 Å². The SMILES string of the molecule is COC1(C(=O)NCCc2c[nH]c3ccccc23)CCCCC1. The molecule has 0 bridgehead atoms. The molecule has 118 valence electrons. The first-order valence-corrected chi connectivity index (χ1v) is 8.14. The van der Waals surface area contributed by atoms with E-state index in [1.807, 2.05) is 18.3 Å². The van der Waals surface area contributed by atoms with Gasteiger partial charge in [-0.3, -0.25) is 4.79 Å². The second-order valence-corrected chi connectivity index (χ2v) is 6.12. The van der Waals surface area contributed by atoms with Crippen molar-refractivity contribution in [1.29, 1.82) is 0 Å². The quantitative estimate of drug-likeness (QED) is 0.891. The monoisotopic (exact) mass is 300 g/mol. The summed E-state index contributed by atoms with van der Waals surface area (Å²) in [5.41, 5.74) is 1.79. The summed E-state index contributed by atoms with van der Waals surface area (Å²) in [5.74, 6) is 0.0505. The lowest BCUT2D eigenvalue weighted by Crippen LogP contribution is -2.50. The van der Waals surface area contributed by atoms with Crippen LogP contribution in [0.4, 0.5) is 0 Å². The molecule has 0 aliphatic heterocycles. The molecule has 1 aliphatic carbocycles. The Morgan fingerprint density at radius 2 is 2.05 bits per heavy atom. The third kappa shape index (κ3) is 2.88. The third-order valence-electron chi connectivity index (χ3n) is 4.82. The highest BCUT2D eigenvalue weighted by Gasteiger charge is 2.39. The fourth-order valence-electron chi connectivity index (χ4n) is 3.46. The summed E-state index contributed by atoms with van der Waals surface area (Å²) < 4.78 is 5.58. The maximum absolute atomic E-state index is 12.5. The van der Waals surface area contributed by atoms with Crippen LogP contribution < -0.4 is 5.32 Å². The Kier molecular flexibility index (Phi) is 4.48. The number of fused-ring (bicyclic) bond motifs is 1. The minimum absolute atomic E-state index is 0.0505. The van der Waals surface area contributed by atoms with Crippen molar-refractivity contribution in [3.8, 4) is 0 Å². The van der Waals surface area contributed by atoms with Gasteiger partial charge in [0.05, 0.1) is 0 Å². The fraction of sp³-hybridized carbons (Fsp3) is 0.500. The van der Waals surface area contributed by atoms with Gasteiger partial charge in [0.25, 0.3) is 5.91 Å². The molecule has 2 N–H and O–H groups in total. The molecule has 1 fully saturated rings. The van der Waals surface area contributed by atoms with Crippen molar-refractivity contribution in [1.82, 2.24) is 10.3 Å². The molecule has 0 saturated heterocycles. The van der Waals surface area contributed by atoms with Crippen LogP contribution in [-0.4, -0.2) is 30.1 Å². The van der Waals surface area contributed by atoms with Crippen LogP contribution in [0.25, 0.3) is 10.9 Å². The molecule has 0 atom stereocenters. The highest BCUT2D eigenvalue weighted by molar-refractivity contribution is 5.86. The van der Waals surface area contributed by atoms with Crippen molar-refractivity contribution >= 4 is 16.8 Å². The van der Waals surface area contributed by atoms with Crippen molar-refractivity contribution in [2.24, 2.45) is 0 Å². The number of carbonyl (C=O) groups is 1. The highest BCUT2D eigenvalue weighted by atomic mass is 16.5. The zero-order valence-corrected chi connectivity index (χ0v) is 13.2. The Balaban J connectivity index is 1.59. The van der Waals surface area contributed by atoms with Crippen molar-refractivity contribution in [2.75, 3.05) is 13.7 Å². The average Bonchev–Trinajstić information content (AvgIpc) is 2.99. The van der Waals surface area contributed by atoms with Crippen LogP contribution in [0.1, 0.15) is 37.7 Å². The number of nitrogens with one attached hydrogen (secondary N) is 2. The standard InChI is InChI=1S/C18H24N2O2/c1-22-18(10-5-2-6-11-18)17(21)19-12-9-14-13-20-16-8-4-3-7-15(14)16/h3-4,7-8,13,20H,2,5-6,9-12H2,1H3,(H,19,21). The van der Waals surface area contributed by atoms with E-state index in [1.165, 1.54) is 17.4 Å². The molecular formula is C18H24N2O2. The summed E-state index contributed by atoms with van der Waals surface area (Å²) in [6, 6.07) is 8.25. The molecule has 1 saturated carbocycles. The van der Waals surface area contributed by atoms with Crippen molar-refractivity contribution < 1.29 is 9.53 Å². The molecule has 1 aliphatic rings. The van der Waals surface area contributed by atoms with Gasteiger partial charge in [-0.15, -0.1) is 0 Å². The summed E-state index contributed by atoms with van der Waals surface area (Å²) in [6.45, 7) is 0.645. The van der Waals surface area contributed by atoms with Crippen molar-refractivity contribution in [3.05, 3.63) is 36.0 Å². The normalized spacial score (nSPS) is 17.5. The number of hydrogen-bond donors (Lipinski definition) is 2. The van der Waals surface area contributed by atoms with Gasteiger partial charge in [0, 0.05) is 30.8 Å². The Morgan fingerprint density at radius 3 is 2.82 bits per heavy atom. The summed E-state index contributed by atoms with van der Waals surface area (Å²) >= 11 is 0. The van der Waals surface area contributed by atoms with E-state index in [4.69, 9.17) is 4.74 Å². The van der Waals surface area contributed by atoms with Crippen LogP contribution >= 0.6 is 0 Å². The van der Waals surface area contributed by atoms with Gasteiger partial charge >= 0.3 is 0 Å². The Labute approximate surface area is 131 Å². The maximum atomic E-state index is 12.5. The third-order valence-corrected chi connectivity index (χ3v) is 4.82. The molecule has 2 aromatic rings. The van der Waals surface area contributed by atoms with Crippen LogP contribution in [0.3, 0.4) is 0 Å². The smallest absolute Gasteiger partial charge is 0.252 e. The van der Waals surface area contributed by atoms with Gasteiger partial charge in [-0.2, -0.15) is 0 Å². The zero-order chi connectivity index (χ0) is 15.4. The molecule has 1 amide bonds. The topological polar surface area (TPSA) is 54.1 Å². The lowest BCUT2D eigenvalue weighted by Gasteiger charge is -2.34. The summed E-state index contributed by atoms with van der Waals surface area (Å²) in [6.07, 6.45) is 7.88. The first-order chi connectivity index (χ1) is 10.7. The largest absolute Gasteiger partial charge is 0.368 e. The number of para-hydroxylation sites is 1. The van der Waals surface area contributed by atoms with E-state index in [1.54, 1.807) is 7.11 Å². The number of ether oxygens (including phenoxy) is 1. The molecule has 1 aromatic heterocycles. The minimum atomic E-state index is -0.599. The Morgan fingerprint density at radius 1 is 1.27 bits per heavy atom. The number of rotatable bonds is 5. The number of benzene rings is 1. The van der Waals surface area contributed by atoms with Gasteiger partial charge in [-0.1, -0.05) is 37.5 Å². The first kappa shape index (κ1) is 15.1. The number of methoxy groups -OCH3 is 1. The number of amides is 1. The van der Waals surface area contributed by atoms with Gasteiger partial charge in [0.15, 0.2) is 0 Å². The Bertz CT molecular complexity index is 641. The summed E-state index contributed by atoms with van der Waals surface area (Å²) in [7, 11) is 1.66. The molecular weight excluding hydrogens is 276 g/mol. The predicted octanol–water partition coefficient (Wildman–Crippen LogP) is 3.18. The molecule has 1 heterocycles. The molecule has 3 rings (SSSR count). The summed E-state index contributed by atoms with van der Waals surface area (Å²) in [4.78, 5) is 15.8. The van der Waals surface area contributed by atoms with Crippen LogP contribution in [0.2, 0.25) is 0 Å². The fourth-order valence-corrected chi connectivity index (χ4v) is 3.46. The molecule has 0 radical (unpaired) electrons. The van der Waals surface area contributed by atoms with Gasteiger partial charge in [0.1, 0.15) is 5.60 Å². The number of hydrogen-bond acceptors (Lipinski definition) is 2. The molecule has 22 heavy (non-hydrogen) atoms. The predicted molar refractivity (Wildman–Crippen MR) is 87.8 cm³/mol. The lowest BCUT2D eigenvalue weighted by atomic mass is 9.84. The van der Waals surface area contributed by atoms with Crippen molar-refractivity contribution in [3.63, 3.8) is 0 Å². The van der Waals surface area contributed by atoms with Crippen LogP contribution in [-0.2, 0) is 16.0 Å². The van der Waals surface area contributed by atoms with E-state index in [-0.39, 0.29) is 5.91 Å². The number of aromatic amines is 1. The Hall–Kier alpha value is -1.81.